The molecule has 5 heteroatoms. The monoisotopic (exact) mass is 240 g/mol. The van der Waals surface area contributed by atoms with Gasteiger partial charge in [0.2, 0.25) is 0 Å². The van der Waals surface area contributed by atoms with E-state index in [0.29, 0.717) is 17.9 Å². The number of ether oxygens (including phenoxy) is 1. The first-order valence-electron chi connectivity index (χ1n) is 5.72. The van der Waals surface area contributed by atoms with Crippen LogP contribution in [0.1, 0.15) is 6.42 Å². The fourth-order valence-electron chi connectivity index (χ4n) is 2.70. The first-order chi connectivity index (χ1) is 8.20. The van der Waals surface area contributed by atoms with Crippen LogP contribution >= 0.6 is 0 Å². The van der Waals surface area contributed by atoms with Gasteiger partial charge in [-0.2, -0.15) is 0 Å². The molecule has 1 saturated heterocycles. The Hall–Kier alpha value is -1.36. The molecular formula is C12H14F2N2O. The molecule has 2 unspecified atom stereocenters. The Morgan fingerprint density at radius 1 is 1.41 bits per heavy atom. The number of nitrogens with one attached hydrogen (secondary N) is 1. The molecule has 92 valence electrons. The summed E-state index contributed by atoms with van der Waals surface area (Å²) in [5, 5.41) is 3.14. The van der Waals surface area contributed by atoms with Crippen molar-refractivity contribution in [3.8, 4) is 0 Å². The van der Waals surface area contributed by atoms with Gasteiger partial charge in [0.05, 0.1) is 17.5 Å². The molecule has 3 nitrogen and oxygen atoms in total. The number of hydrogen-bond acceptors (Lipinski definition) is 3. The minimum atomic E-state index is -0.799. The van der Waals surface area contributed by atoms with Crippen molar-refractivity contribution in [2.24, 2.45) is 0 Å². The number of benzene rings is 1. The van der Waals surface area contributed by atoms with Gasteiger partial charge in [-0.05, 0) is 18.6 Å². The van der Waals surface area contributed by atoms with Crippen LogP contribution in [-0.2, 0) is 4.74 Å². The zero-order valence-electron chi connectivity index (χ0n) is 9.54. The predicted octanol–water partition coefficient (Wildman–Crippen LogP) is 1.98. The Balaban J connectivity index is 2.03. The zero-order valence-corrected chi connectivity index (χ0v) is 9.54. The Morgan fingerprint density at radius 3 is 3.00 bits per heavy atom. The number of rotatable bonds is 1. The molecule has 2 atom stereocenters. The van der Waals surface area contributed by atoms with E-state index in [0.717, 1.165) is 19.0 Å². The molecule has 0 bridgehead atoms. The highest BCUT2D eigenvalue weighted by Gasteiger charge is 2.38. The van der Waals surface area contributed by atoms with Crippen molar-refractivity contribution in [3.05, 3.63) is 23.8 Å². The second-order valence-electron chi connectivity index (χ2n) is 4.54. The van der Waals surface area contributed by atoms with Crippen molar-refractivity contribution in [3.63, 3.8) is 0 Å². The van der Waals surface area contributed by atoms with E-state index < -0.39 is 11.6 Å². The van der Waals surface area contributed by atoms with Crippen molar-refractivity contribution >= 4 is 11.4 Å². The quantitative estimate of drug-likeness (QED) is 0.812. The van der Waals surface area contributed by atoms with Gasteiger partial charge in [0, 0.05) is 26.2 Å². The summed E-state index contributed by atoms with van der Waals surface area (Å²) in [5.74, 6) is -1.57. The number of hydrogen-bond donors (Lipinski definition) is 1. The van der Waals surface area contributed by atoms with Gasteiger partial charge in [0.15, 0.2) is 11.6 Å². The third-order valence-electron chi connectivity index (χ3n) is 3.59. The molecule has 1 N–H and O–H groups in total. The lowest BCUT2D eigenvalue weighted by atomic mass is 10.1. The van der Waals surface area contributed by atoms with Gasteiger partial charge in [-0.3, -0.25) is 0 Å². The number of fused-ring (bicyclic) bond motifs is 3. The van der Waals surface area contributed by atoms with Gasteiger partial charge in [0.1, 0.15) is 0 Å². The average molecular weight is 240 g/mol. The van der Waals surface area contributed by atoms with Crippen molar-refractivity contribution in [1.82, 2.24) is 0 Å². The number of halogens is 2. The average Bonchev–Trinajstić information content (AvgIpc) is 2.76. The van der Waals surface area contributed by atoms with Gasteiger partial charge in [-0.25, -0.2) is 8.78 Å². The van der Waals surface area contributed by atoms with Crippen LogP contribution in [0.15, 0.2) is 12.1 Å². The molecule has 0 spiro atoms. The predicted molar refractivity (Wildman–Crippen MR) is 61.4 cm³/mol. The van der Waals surface area contributed by atoms with Gasteiger partial charge < -0.3 is 15.0 Å². The van der Waals surface area contributed by atoms with E-state index >= 15 is 0 Å². The van der Waals surface area contributed by atoms with E-state index in [-0.39, 0.29) is 12.1 Å². The largest absolute Gasteiger partial charge is 0.381 e. The molecule has 0 amide bonds. The zero-order chi connectivity index (χ0) is 12.0. The molecule has 2 aliphatic rings. The summed E-state index contributed by atoms with van der Waals surface area (Å²) < 4.78 is 32.4. The lowest BCUT2D eigenvalue weighted by Gasteiger charge is -2.34. The summed E-state index contributed by atoms with van der Waals surface area (Å²) in [5.41, 5.74) is 1.01. The van der Waals surface area contributed by atoms with Gasteiger partial charge in [-0.15, -0.1) is 0 Å². The smallest absolute Gasteiger partial charge is 0.184 e. The maximum absolute atomic E-state index is 13.9. The van der Waals surface area contributed by atoms with E-state index in [1.54, 1.807) is 13.2 Å². The molecule has 0 radical (unpaired) electrons. The molecule has 17 heavy (non-hydrogen) atoms. The fourth-order valence-corrected chi connectivity index (χ4v) is 2.70. The molecule has 0 aromatic heterocycles. The van der Waals surface area contributed by atoms with Crippen LogP contribution in [0.5, 0.6) is 0 Å². The molecule has 2 heterocycles. The maximum atomic E-state index is 13.9. The van der Waals surface area contributed by atoms with E-state index in [4.69, 9.17) is 4.74 Å². The molecule has 1 fully saturated rings. The summed E-state index contributed by atoms with van der Waals surface area (Å²) in [4.78, 5) is 1.92. The van der Waals surface area contributed by atoms with E-state index in [1.165, 1.54) is 0 Å². The Morgan fingerprint density at radius 2 is 2.24 bits per heavy atom. The molecule has 0 aliphatic carbocycles. The highest BCUT2D eigenvalue weighted by Crippen LogP contribution is 2.39. The first kappa shape index (κ1) is 10.8. The lowest BCUT2D eigenvalue weighted by molar-refractivity contribution is 0.118. The standard InChI is InChI=1S/C12H14F2N2O/c1-17-8-4-7-5-15-10-3-2-9(13)11(14)12(10)16(7)6-8/h2-3,7-8,15H,4-6H2,1H3. The van der Waals surface area contributed by atoms with E-state index in [2.05, 4.69) is 5.32 Å². The third kappa shape index (κ3) is 1.57. The molecule has 0 saturated carbocycles. The molecule has 1 aromatic rings. The van der Waals surface area contributed by atoms with Gasteiger partial charge in [0.25, 0.3) is 0 Å². The van der Waals surface area contributed by atoms with Crippen LogP contribution in [0.2, 0.25) is 0 Å². The highest BCUT2D eigenvalue weighted by molar-refractivity contribution is 5.74. The maximum Gasteiger partial charge on any atom is 0.184 e. The van der Waals surface area contributed by atoms with Crippen LogP contribution in [-0.4, -0.2) is 32.3 Å². The fraction of sp³-hybridized carbons (Fsp3) is 0.500. The van der Waals surface area contributed by atoms with Crippen LogP contribution in [0, 0.1) is 11.6 Å². The van der Waals surface area contributed by atoms with Crippen LogP contribution < -0.4 is 10.2 Å². The van der Waals surface area contributed by atoms with Crippen LogP contribution in [0.25, 0.3) is 0 Å². The van der Waals surface area contributed by atoms with Crippen molar-refractivity contribution in [1.29, 1.82) is 0 Å². The van der Waals surface area contributed by atoms with Crippen molar-refractivity contribution in [2.75, 3.05) is 30.4 Å². The molecule has 3 rings (SSSR count). The Bertz CT molecular complexity index is 452. The third-order valence-corrected chi connectivity index (χ3v) is 3.59. The Kier molecular flexibility index (Phi) is 2.43. The number of nitrogens with zero attached hydrogens (tertiary/aromatic N) is 1. The summed E-state index contributed by atoms with van der Waals surface area (Å²) in [6.45, 7) is 1.37. The van der Waals surface area contributed by atoms with Crippen LogP contribution in [0.4, 0.5) is 20.2 Å². The van der Waals surface area contributed by atoms with Gasteiger partial charge in [-0.1, -0.05) is 0 Å². The molecule has 2 aliphatic heterocycles. The summed E-state index contributed by atoms with van der Waals surface area (Å²) in [7, 11) is 1.65. The summed E-state index contributed by atoms with van der Waals surface area (Å²) in [6.07, 6.45) is 0.939. The molecule has 1 aromatic carbocycles. The van der Waals surface area contributed by atoms with Crippen molar-refractivity contribution < 1.29 is 13.5 Å². The highest BCUT2D eigenvalue weighted by atomic mass is 19.2. The number of methoxy groups -OCH3 is 1. The van der Waals surface area contributed by atoms with Crippen molar-refractivity contribution in [2.45, 2.75) is 18.6 Å². The van der Waals surface area contributed by atoms with E-state index in [9.17, 15) is 8.78 Å². The first-order valence-corrected chi connectivity index (χ1v) is 5.72. The topological polar surface area (TPSA) is 24.5 Å². The lowest BCUT2D eigenvalue weighted by Crippen LogP contribution is -2.40. The second kappa shape index (κ2) is 3.84. The summed E-state index contributed by atoms with van der Waals surface area (Å²) in [6, 6.07) is 2.93. The number of anilines is 2. The minimum absolute atomic E-state index is 0.0930. The van der Waals surface area contributed by atoms with Crippen LogP contribution in [0.3, 0.4) is 0 Å². The minimum Gasteiger partial charge on any atom is -0.381 e. The van der Waals surface area contributed by atoms with Gasteiger partial charge >= 0.3 is 0 Å². The summed E-state index contributed by atoms with van der Waals surface area (Å²) >= 11 is 0. The second-order valence-corrected chi connectivity index (χ2v) is 4.54. The van der Waals surface area contributed by atoms with E-state index in [1.807, 2.05) is 4.90 Å². The molecular weight excluding hydrogens is 226 g/mol. The Labute approximate surface area is 98.4 Å². The normalized spacial score (nSPS) is 26.4. The SMILES string of the molecule is COC1CC2CNc3ccc(F)c(F)c3N2C1.